The summed E-state index contributed by atoms with van der Waals surface area (Å²) in [7, 11) is 3.77. The van der Waals surface area contributed by atoms with E-state index in [-0.39, 0.29) is 5.44 Å². The maximum Gasteiger partial charge on any atom is 0.161 e. The number of alkyl halides is 1. The molecule has 2 rings (SSSR count). The molecule has 0 amide bonds. The highest BCUT2D eigenvalue weighted by molar-refractivity contribution is 8.14. The topological polar surface area (TPSA) is 65.3 Å². The van der Waals surface area contributed by atoms with Crippen molar-refractivity contribution in [3.05, 3.63) is 0 Å². The van der Waals surface area contributed by atoms with E-state index >= 15 is 0 Å². The van der Waals surface area contributed by atoms with Gasteiger partial charge in [-0.3, -0.25) is 4.99 Å². The Bertz CT molecular complexity index is 359. The van der Waals surface area contributed by atoms with Gasteiger partial charge in [0.15, 0.2) is 5.17 Å². The SMILES string of the molecule is CN(C)C1=N[C@H]2C(O[C@H](C(C)(C)Cl)[C@@H](O)[C@@H]2O)S1. The van der Waals surface area contributed by atoms with Gasteiger partial charge in [0.05, 0.1) is 4.87 Å². The van der Waals surface area contributed by atoms with Crippen molar-refractivity contribution < 1.29 is 14.9 Å². The van der Waals surface area contributed by atoms with Gasteiger partial charge in [-0.1, -0.05) is 11.8 Å². The average Bonchev–Trinajstić information content (AvgIpc) is 2.65. The molecule has 2 aliphatic heterocycles. The Morgan fingerprint density at radius 1 is 1.33 bits per heavy atom. The third-order valence-electron chi connectivity index (χ3n) is 3.11. The van der Waals surface area contributed by atoms with Crippen LogP contribution in [0.5, 0.6) is 0 Å². The molecule has 5 atom stereocenters. The summed E-state index contributed by atoms with van der Waals surface area (Å²) in [5.74, 6) is 0. The van der Waals surface area contributed by atoms with E-state index in [9.17, 15) is 10.2 Å². The molecule has 0 spiro atoms. The number of hydrogen-bond donors (Lipinski definition) is 2. The van der Waals surface area contributed by atoms with Crippen LogP contribution < -0.4 is 0 Å². The molecule has 1 saturated heterocycles. The van der Waals surface area contributed by atoms with E-state index in [1.54, 1.807) is 13.8 Å². The second-order valence-corrected chi connectivity index (χ2v) is 7.42. The maximum atomic E-state index is 10.2. The van der Waals surface area contributed by atoms with Gasteiger partial charge in [-0.25, -0.2) is 0 Å². The van der Waals surface area contributed by atoms with E-state index in [2.05, 4.69) is 4.99 Å². The lowest BCUT2D eigenvalue weighted by atomic mass is 9.91. The maximum absolute atomic E-state index is 10.2. The summed E-state index contributed by atoms with van der Waals surface area (Å²) < 4.78 is 5.82. The van der Waals surface area contributed by atoms with E-state index in [1.165, 1.54) is 11.8 Å². The summed E-state index contributed by atoms with van der Waals surface area (Å²) >= 11 is 7.66. The van der Waals surface area contributed by atoms with Crippen molar-refractivity contribution >= 4 is 28.5 Å². The predicted octanol–water partition coefficient (Wildman–Crippen LogP) is 0.483. The Labute approximate surface area is 116 Å². The zero-order chi connectivity index (χ0) is 13.7. The second-order valence-electron chi connectivity index (χ2n) is 5.39. The fourth-order valence-corrected chi connectivity index (χ4v) is 3.45. The Morgan fingerprint density at radius 3 is 2.44 bits per heavy atom. The molecule has 2 N–H and O–H groups in total. The normalized spacial score (nSPS) is 40.4. The molecular formula is C11H19ClN2O3S. The number of aliphatic hydroxyl groups is 2. The van der Waals surface area contributed by atoms with Crippen LogP contribution in [0, 0.1) is 0 Å². The number of rotatable bonds is 1. The molecule has 0 saturated carbocycles. The summed E-state index contributed by atoms with van der Waals surface area (Å²) in [5, 5.41) is 21.0. The number of halogens is 1. The number of thioether (sulfide) groups is 1. The van der Waals surface area contributed by atoms with E-state index in [1.807, 2.05) is 19.0 Å². The molecule has 2 heterocycles. The highest BCUT2D eigenvalue weighted by Crippen LogP contribution is 2.40. The van der Waals surface area contributed by atoms with Gasteiger partial charge in [0, 0.05) is 14.1 Å². The first-order valence-electron chi connectivity index (χ1n) is 5.84. The van der Waals surface area contributed by atoms with E-state index in [0.29, 0.717) is 0 Å². The number of fused-ring (bicyclic) bond motifs is 1. The first kappa shape index (κ1) is 14.4. The number of amidine groups is 1. The van der Waals surface area contributed by atoms with Crippen LogP contribution in [0.1, 0.15) is 13.8 Å². The molecule has 104 valence electrons. The Hall–Kier alpha value is -0.0100. The molecule has 0 aliphatic carbocycles. The number of nitrogens with zero attached hydrogens (tertiary/aromatic N) is 2. The van der Waals surface area contributed by atoms with Crippen LogP contribution in [0.4, 0.5) is 0 Å². The molecule has 0 aromatic carbocycles. The Kier molecular flexibility index (Phi) is 3.86. The van der Waals surface area contributed by atoms with Crippen LogP contribution in [0.25, 0.3) is 0 Å². The summed E-state index contributed by atoms with van der Waals surface area (Å²) in [5.41, 5.74) is -0.288. The van der Waals surface area contributed by atoms with Crippen molar-refractivity contribution in [2.75, 3.05) is 14.1 Å². The van der Waals surface area contributed by atoms with Gasteiger partial charge in [-0.15, -0.1) is 11.6 Å². The van der Waals surface area contributed by atoms with Gasteiger partial charge in [-0.2, -0.15) is 0 Å². The molecule has 0 radical (unpaired) electrons. The van der Waals surface area contributed by atoms with E-state index in [0.717, 1.165) is 5.17 Å². The van der Waals surface area contributed by atoms with Crippen molar-refractivity contribution in [1.82, 2.24) is 4.90 Å². The number of hydrogen-bond acceptors (Lipinski definition) is 6. The first-order valence-corrected chi connectivity index (χ1v) is 7.10. The number of aliphatic hydroxyl groups excluding tert-OH is 2. The minimum absolute atomic E-state index is 0.288. The lowest BCUT2D eigenvalue weighted by molar-refractivity contribution is -0.161. The van der Waals surface area contributed by atoms with Crippen LogP contribution in [-0.2, 0) is 4.74 Å². The lowest BCUT2D eigenvalue weighted by Crippen LogP contribution is -2.59. The van der Waals surface area contributed by atoms with Crippen LogP contribution in [0.2, 0.25) is 0 Å². The second kappa shape index (κ2) is 4.83. The molecule has 5 nitrogen and oxygen atoms in total. The summed E-state index contributed by atoms with van der Waals surface area (Å²) in [4.78, 5) is 5.51. The Balaban J connectivity index is 2.19. The van der Waals surface area contributed by atoms with Gasteiger partial charge in [0.2, 0.25) is 0 Å². The molecular weight excluding hydrogens is 276 g/mol. The highest BCUT2D eigenvalue weighted by Gasteiger charge is 2.52. The number of ether oxygens (including phenoxy) is 1. The first-order chi connectivity index (χ1) is 8.21. The van der Waals surface area contributed by atoms with Gasteiger partial charge < -0.3 is 19.8 Å². The predicted molar refractivity (Wildman–Crippen MR) is 73.1 cm³/mol. The summed E-state index contributed by atoms with van der Waals surface area (Å²) in [6.45, 7) is 3.53. The molecule has 0 aromatic rings. The van der Waals surface area contributed by atoms with Crippen molar-refractivity contribution in [3.8, 4) is 0 Å². The van der Waals surface area contributed by atoms with Crippen LogP contribution in [0.15, 0.2) is 4.99 Å². The van der Waals surface area contributed by atoms with E-state index in [4.69, 9.17) is 16.3 Å². The smallest absolute Gasteiger partial charge is 0.161 e. The quantitative estimate of drug-likeness (QED) is 0.689. The highest BCUT2D eigenvalue weighted by atomic mass is 35.5. The van der Waals surface area contributed by atoms with Crippen molar-refractivity contribution in [1.29, 1.82) is 0 Å². The minimum Gasteiger partial charge on any atom is -0.388 e. The van der Waals surface area contributed by atoms with Gasteiger partial charge in [0.25, 0.3) is 0 Å². The third-order valence-corrected chi connectivity index (χ3v) is 4.63. The van der Waals surface area contributed by atoms with Crippen LogP contribution in [0.3, 0.4) is 0 Å². The molecule has 2 aliphatic rings. The Morgan fingerprint density at radius 2 is 1.94 bits per heavy atom. The molecule has 1 fully saturated rings. The van der Waals surface area contributed by atoms with Crippen molar-refractivity contribution in [3.63, 3.8) is 0 Å². The summed E-state index contributed by atoms with van der Waals surface area (Å²) in [6.07, 6.45) is -2.58. The fourth-order valence-electron chi connectivity index (χ4n) is 2.13. The minimum atomic E-state index is -1.02. The van der Waals surface area contributed by atoms with E-state index < -0.39 is 29.2 Å². The fraction of sp³-hybridized carbons (Fsp3) is 0.909. The van der Waals surface area contributed by atoms with Crippen molar-refractivity contribution in [2.24, 2.45) is 4.99 Å². The van der Waals surface area contributed by atoms with Crippen LogP contribution in [-0.4, -0.2) is 69.0 Å². The largest absolute Gasteiger partial charge is 0.388 e. The lowest BCUT2D eigenvalue weighted by Gasteiger charge is -2.42. The molecule has 7 heteroatoms. The molecule has 1 unspecified atom stereocenters. The zero-order valence-corrected chi connectivity index (χ0v) is 12.4. The van der Waals surface area contributed by atoms with Gasteiger partial charge >= 0.3 is 0 Å². The van der Waals surface area contributed by atoms with Gasteiger partial charge in [-0.05, 0) is 13.8 Å². The zero-order valence-electron chi connectivity index (χ0n) is 10.9. The standard InChI is InChI=1S/C11H19ClN2O3S/c1-11(2,12)8-7(16)6(15)5-9(17-8)18-10(13-5)14(3)4/h5-9,15-16H,1-4H3/t5-,6-,7+,8+,9?/m1/s1. The molecule has 0 bridgehead atoms. The monoisotopic (exact) mass is 294 g/mol. The molecule has 0 aromatic heterocycles. The van der Waals surface area contributed by atoms with Gasteiger partial charge in [0.1, 0.15) is 29.8 Å². The third kappa shape index (κ3) is 2.49. The van der Waals surface area contributed by atoms with Crippen LogP contribution >= 0.6 is 23.4 Å². The number of aliphatic imine (C=N–C) groups is 1. The summed E-state index contributed by atoms with van der Waals surface area (Å²) in [6, 6.07) is -0.433. The van der Waals surface area contributed by atoms with Crippen molar-refractivity contribution in [2.45, 2.75) is 48.5 Å². The molecule has 18 heavy (non-hydrogen) atoms. The average molecular weight is 295 g/mol.